The molecule has 6 nitrogen and oxygen atoms in total. The lowest BCUT2D eigenvalue weighted by Crippen LogP contribution is -2.17. The van der Waals surface area contributed by atoms with Gasteiger partial charge in [-0.3, -0.25) is 4.79 Å². The first-order valence-electron chi connectivity index (χ1n) is 8.81. The van der Waals surface area contributed by atoms with Crippen molar-refractivity contribution in [3.05, 3.63) is 77.6 Å². The summed E-state index contributed by atoms with van der Waals surface area (Å²) in [7, 11) is 1.32. The zero-order chi connectivity index (χ0) is 18.8. The van der Waals surface area contributed by atoms with Crippen LogP contribution in [0.3, 0.4) is 0 Å². The summed E-state index contributed by atoms with van der Waals surface area (Å²) in [5.41, 5.74) is 3.14. The second kappa shape index (κ2) is 7.07. The van der Waals surface area contributed by atoms with Gasteiger partial charge < -0.3 is 10.1 Å². The van der Waals surface area contributed by atoms with Gasteiger partial charge in [0.05, 0.1) is 24.1 Å². The van der Waals surface area contributed by atoms with Crippen LogP contribution in [-0.2, 0) is 4.74 Å². The Bertz CT molecular complexity index is 991. The van der Waals surface area contributed by atoms with Crippen molar-refractivity contribution in [2.24, 2.45) is 0 Å². The number of carbonyl (C=O) groups excluding carboxylic acids is 2. The standard InChI is InChI=1S/C21H19N3O3/c1-27-21(26)15-6-5-7-16(12-15)22-20(25)19-13-18(14-10-11-14)23-24(19)17-8-3-2-4-9-17/h2-9,12-14H,10-11H2,1H3,(H,22,25). The van der Waals surface area contributed by atoms with Crippen LogP contribution in [0.4, 0.5) is 5.69 Å². The number of anilines is 1. The largest absolute Gasteiger partial charge is 0.465 e. The minimum Gasteiger partial charge on any atom is -0.465 e. The molecule has 1 fully saturated rings. The van der Waals surface area contributed by atoms with E-state index in [2.05, 4.69) is 10.4 Å². The topological polar surface area (TPSA) is 73.2 Å². The maximum Gasteiger partial charge on any atom is 0.337 e. The van der Waals surface area contributed by atoms with Crippen molar-refractivity contribution >= 4 is 17.6 Å². The fourth-order valence-corrected chi connectivity index (χ4v) is 2.94. The highest BCUT2D eigenvalue weighted by Crippen LogP contribution is 2.39. The van der Waals surface area contributed by atoms with Gasteiger partial charge in [-0.25, -0.2) is 9.48 Å². The van der Waals surface area contributed by atoms with Crippen LogP contribution in [0.25, 0.3) is 5.69 Å². The normalized spacial score (nSPS) is 13.2. The van der Waals surface area contributed by atoms with Crippen molar-refractivity contribution in [1.29, 1.82) is 0 Å². The number of aromatic nitrogens is 2. The van der Waals surface area contributed by atoms with E-state index in [0.29, 0.717) is 22.9 Å². The predicted octanol–water partition coefficient (Wildman–Crippen LogP) is 3.79. The van der Waals surface area contributed by atoms with E-state index in [9.17, 15) is 9.59 Å². The number of amides is 1. The fourth-order valence-electron chi connectivity index (χ4n) is 2.94. The van der Waals surface area contributed by atoms with Gasteiger partial charge in [-0.15, -0.1) is 0 Å². The van der Waals surface area contributed by atoms with E-state index in [1.165, 1.54) is 7.11 Å². The molecule has 4 rings (SSSR count). The van der Waals surface area contributed by atoms with Crippen molar-refractivity contribution in [3.63, 3.8) is 0 Å². The first kappa shape index (κ1) is 17.0. The molecule has 1 aliphatic carbocycles. The first-order valence-corrected chi connectivity index (χ1v) is 8.81. The molecule has 1 heterocycles. The minimum atomic E-state index is -0.448. The summed E-state index contributed by atoms with van der Waals surface area (Å²) in [5.74, 6) is -0.291. The number of methoxy groups -OCH3 is 1. The molecule has 27 heavy (non-hydrogen) atoms. The van der Waals surface area contributed by atoms with Crippen LogP contribution in [0.2, 0.25) is 0 Å². The molecule has 0 radical (unpaired) electrons. The van der Waals surface area contributed by atoms with Gasteiger partial charge in [-0.2, -0.15) is 5.10 Å². The molecule has 0 unspecified atom stereocenters. The van der Waals surface area contributed by atoms with Crippen LogP contribution in [0.1, 0.15) is 45.3 Å². The van der Waals surface area contributed by atoms with E-state index < -0.39 is 5.97 Å². The average Bonchev–Trinajstić information content (AvgIpc) is 3.46. The van der Waals surface area contributed by atoms with Gasteiger partial charge in [0.25, 0.3) is 5.91 Å². The molecule has 1 N–H and O–H groups in total. The van der Waals surface area contributed by atoms with Gasteiger partial charge in [0.15, 0.2) is 0 Å². The summed E-state index contributed by atoms with van der Waals surface area (Å²) in [6.45, 7) is 0. The Labute approximate surface area is 156 Å². The maximum atomic E-state index is 12.9. The molecule has 0 atom stereocenters. The van der Waals surface area contributed by atoms with Crippen LogP contribution in [0.5, 0.6) is 0 Å². The molecular formula is C21H19N3O3. The molecule has 136 valence electrons. The van der Waals surface area contributed by atoms with Gasteiger partial charge in [0.2, 0.25) is 0 Å². The highest BCUT2D eigenvalue weighted by atomic mass is 16.5. The highest BCUT2D eigenvalue weighted by molar-refractivity contribution is 6.04. The number of benzene rings is 2. The number of nitrogens with one attached hydrogen (secondary N) is 1. The molecule has 1 aromatic heterocycles. The Morgan fingerprint density at radius 2 is 1.85 bits per heavy atom. The summed E-state index contributed by atoms with van der Waals surface area (Å²) in [6.07, 6.45) is 2.21. The lowest BCUT2D eigenvalue weighted by molar-refractivity contribution is 0.0600. The molecule has 0 aliphatic heterocycles. The number of ether oxygens (including phenoxy) is 1. The van der Waals surface area contributed by atoms with Gasteiger partial charge in [-0.1, -0.05) is 24.3 Å². The Hall–Kier alpha value is -3.41. The minimum absolute atomic E-state index is 0.278. The first-order chi connectivity index (χ1) is 13.2. The Morgan fingerprint density at radius 1 is 1.07 bits per heavy atom. The van der Waals surface area contributed by atoms with Crippen molar-refractivity contribution in [2.75, 3.05) is 12.4 Å². The molecule has 2 aromatic carbocycles. The zero-order valence-electron chi connectivity index (χ0n) is 14.9. The summed E-state index contributed by atoms with van der Waals surface area (Å²) in [4.78, 5) is 24.6. The van der Waals surface area contributed by atoms with E-state index in [4.69, 9.17) is 4.74 Å². The van der Waals surface area contributed by atoms with E-state index in [-0.39, 0.29) is 5.91 Å². The number of carbonyl (C=O) groups is 2. The third kappa shape index (κ3) is 3.60. The predicted molar refractivity (Wildman–Crippen MR) is 101 cm³/mol. The third-order valence-corrected chi connectivity index (χ3v) is 4.50. The lowest BCUT2D eigenvalue weighted by atomic mass is 10.2. The molecule has 3 aromatic rings. The number of rotatable bonds is 5. The van der Waals surface area contributed by atoms with Crippen molar-refractivity contribution in [3.8, 4) is 5.69 Å². The van der Waals surface area contributed by atoms with Crippen LogP contribution in [0, 0.1) is 0 Å². The van der Waals surface area contributed by atoms with Crippen LogP contribution >= 0.6 is 0 Å². The molecule has 6 heteroatoms. The lowest BCUT2D eigenvalue weighted by Gasteiger charge is -2.09. The molecule has 1 amide bonds. The Kier molecular flexibility index (Phi) is 4.46. The van der Waals surface area contributed by atoms with Crippen LogP contribution in [-0.4, -0.2) is 28.8 Å². The van der Waals surface area contributed by atoms with Gasteiger partial charge in [0.1, 0.15) is 5.69 Å². The molecule has 1 aliphatic rings. The Balaban J connectivity index is 1.65. The van der Waals surface area contributed by atoms with E-state index in [1.807, 2.05) is 36.4 Å². The number of para-hydroxylation sites is 1. The number of hydrogen-bond donors (Lipinski definition) is 1. The van der Waals surface area contributed by atoms with Gasteiger partial charge >= 0.3 is 5.97 Å². The average molecular weight is 361 g/mol. The third-order valence-electron chi connectivity index (χ3n) is 4.50. The number of hydrogen-bond acceptors (Lipinski definition) is 4. The maximum absolute atomic E-state index is 12.9. The second-order valence-corrected chi connectivity index (χ2v) is 6.50. The fraction of sp³-hybridized carbons (Fsp3) is 0.190. The van der Waals surface area contributed by atoms with E-state index in [0.717, 1.165) is 24.2 Å². The summed E-state index contributed by atoms with van der Waals surface area (Å²) >= 11 is 0. The monoisotopic (exact) mass is 361 g/mol. The van der Waals surface area contributed by atoms with Gasteiger partial charge in [0, 0.05) is 11.6 Å². The number of esters is 1. The van der Waals surface area contributed by atoms with Crippen LogP contribution < -0.4 is 5.32 Å². The van der Waals surface area contributed by atoms with E-state index in [1.54, 1.807) is 28.9 Å². The van der Waals surface area contributed by atoms with Crippen molar-refractivity contribution in [2.45, 2.75) is 18.8 Å². The van der Waals surface area contributed by atoms with Crippen molar-refractivity contribution in [1.82, 2.24) is 9.78 Å². The van der Waals surface area contributed by atoms with Crippen molar-refractivity contribution < 1.29 is 14.3 Å². The smallest absolute Gasteiger partial charge is 0.337 e. The zero-order valence-corrected chi connectivity index (χ0v) is 14.9. The number of nitrogens with zero attached hydrogens (tertiary/aromatic N) is 2. The highest BCUT2D eigenvalue weighted by Gasteiger charge is 2.29. The second-order valence-electron chi connectivity index (χ2n) is 6.50. The molecule has 1 saturated carbocycles. The molecule has 0 bridgehead atoms. The summed E-state index contributed by atoms with van der Waals surface area (Å²) in [5, 5.41) is 7.50. The van der Waals surface area contributed by atoms with Gasteiger partial charge in [-0.05, 0) is 49.2 Å². The Morgan fingerprint density at radius 3 is 2.56 bits per heavy atom. The summed E-state index contributed by atoms with van der Waals surface area (Å²) < 4.78 is 6.40. The molecular weight excluding hydrogens is 342 g/mol. The summed E-state index contributed by atoms with van der Waals surface area (Å²) in [6, 6.07) is 18.1. The SMILES string of the molecule is COC(=O)c1cccc(NC(=O)c2cc(C3CC3)nn2-c2ccccc2)c1. The van der Waals surface area contributed by atoms with E-state index >= 15 is 0 Å². The van der Waals surface area contributed by atoms with Crippen LogP contribution in [0.15, 0.2) is 60.7 Å². The molecule has 0 saturated heterocycles. The quantitative estimate of drug-likeness (QED) is 0.702. The molecule has 0 spiro atoms.